The Labute approximate surface area is 126 Å². The molecule has 0 aromatic heterocycles. The molecule has 1 aromatic rings. The molecule has 0 bridgehead atoms. The number of benzene rings is 1. The van der Waals surface area contributed by atoms with Crippen LogP contribution in [0, 0.1) is 0 Å². The Hall–Kier alpha value is -1.97. The Balaban J connectivity index is 1.99. The maximum Gasteiger partial charge on any atom is 0.246 e. The fourth-order valence-corrected chi connectivity index (χ4v) is 2.52. The number of amides is 1. The lowest BCUT2D eigenvalue weighted by atomic mass is 10.1. The third-order valence-corrected chi connectivity index (χ3v) is 3.67. The van der Waals surface area contributed by atoms with Crippen LogP contribution in [0.15, 0.2) is 24.3 Å². The zero-order valence-electron chi connectivity index (χ0n) is 12.7. The Morgan fingerprint density at radius 3 is 2.62 bits per heavy atom. The SMILES string of the molecule is CCOc1ccc(/C=C\C(=O)N2CCCCCC2)cc1N. The highest BCUT2D eigenvalue weighted by Gasteiger charge is 2.12. The molecule has 0 unspecified atom stereocenters. The van der Waals surface area contributed by atoms with Crippen molar-refractivity contribution in [3.8, 4) is 5.75 Å². The van der Waals surface area contributed by atoms with E-state index >= 15 is 0 Å². The number of hydrogen-bond donors (Lipinski definition) is 1. The number of anilines is 1. The van der Waals surface area contributed by atoms with Crippen molar-refractivity contribution in [3.05, 3.63) is 29.8 Å². The molecule has 114 valence electrons. The summed E-state index contributed by atoms with van der Waals surface area (Å²) in [6, 6.07) is 5.58. The van der Waals surface area contributed by atoms with Crippen LogP contribution in [-0.4, -0.2) is 30.5 Å². The molecular formula is C17H24N2O2. The lowest BCUT2D eigenvalue weighted by Gasteiger charge is -2.18. The predicted molar refractivity (Wildman–Crippen MR) is 86.1 cm³/mol. The summed E-state index contributed by atoms with van der Waals surface area (Å²) in [5, 5.41) is 0. The van der Waals surface area contributed by atoms with E-state index in [1.54, 1.807) is 6.08 Å². The molecule has 21 heavy (non-hydrogen) atoms. The molecule has 0 spiro atoms. The first kappa shape index (κ1) is 15.4. The van der Waals surface area contributed by atoms with E-state index in [1.807, 2.05) is 36.1 Å². The molecule has 1 aliphatic heterocycles. The van der Waals surface area contributed by atoms with Gasteiger partial charge in [0.25, 0.3) is 0 Å². The second kappa shape index (κ2) is 7.72. The molecule has 1 aromatic carbocycles. The fourth-order valence-electron chi connectivity index (χ4n) is 2.52. The third-order valence-electron chi connectivity index (χ3n) is 3.67. The van der Waals surface area contributed by atoms with Crippen molar-refractivity contribution in [3.63, 3.8) is 0 Å². The standard InChI is InChI=1S/C17H24N2O2/c1-2-21-16-9-7-14(13-15(16)18)8-10-17(20)19-11-5-3-4-6-12-19/h7-10,13H,2-6,11-12,18H2,1H3/b10-8-. The van der Waals surface area contributed by atoms with Crippen molar-refractivity contribution in [2.45, 2.75) is 32.6 Å². The number of likely N-dealkylation sites (tertiary alicyclic amines) is 1. The minimum absolute atomic E-state index is 0.0874. The van der Waals surface area contributed by atoms with Gasteiger partial charge in [-0.2, -0.15) is 0 Å². The summed E-state index contributed by atoms with van der Waals surface area (Å²) in [6.45, 7) is 4.25. The predicted octanol–water partition coefficient (Wildman–Crippen LogP) is 3.08. The van der Waals surface area contributed by atoms with Gasteiger partial charge in [-0.05, 0) is 43.5 Å². The highest BCUT2D eigenvalue weighted by atomic mass is 16.5. The first-order chi connectivity index (χ1) is 10.2. The summed E-state index contributed by atoms with van der Waals surface area (Å²) in [5.41, 5.74) is 7.44. The third kappa shape index (κ3) is 4.52. The van der Waals surface area contributed by atoms with Crippen LogP contribution >= 0.6 is 0 Å². The van der Waals surface area contributed by atoms with E-state index in [-0.39, 0.29) is 5.91 Å². The van der Waals surface area contributed by atoms with Gasteiger partial charge in [0.2, 0.25) is 5.91 Å². The molecule has 1 amide bonds. The van der Waals surface area contributed by atoms with Crippen molar-refractivity contribution in [2.75, 3.05) is 25.4 Å². The zero-order valence-corrected chi connectivity index (χ0v) is 12.7. The summed E-state index contributed by atoms with van der Waals surface area (Å²) in [6.07, 6.45) is 8.12. The van der Waals surface area contributed by atoms with Gasteiger partial charge < -0.3 is 15.4 Å². The van der Waals surface area contributed by atoms with E-state index in [4.69, 9.17) is 10.5 Å². The first-order valence-corrected chi connectivity index (χ1v) is 7.70. The maximum absolute atomic E-state index is 12.2. The van der Waals surface area contributed by atoms with E-state index in [0.29, 0.717) is 18.0 Å². The van der Waals surface area contributed by atoms with Crippen LogP contribution in [0.5, 0.6) is 5.75 Å². The van der Waals surface area contributed by atoms with Crippen LogP contribution in [0.4, 0.5) is 5.69 Å². The molecule has 0 radical (unpaired) electrons. The van der Waals surface area contributed by atoms with Crippen LogP contribution in [0.2, 0.25) is 0 Å². The van der Waals surface area contributed by atoms with Crippen LogP contribution in [0.3, 0.4) is 0 Å². The van der Waals surface area contributed by atoms with Crippen molar-refractivity contribution in [1.82, 2.24) is 4.90 Å². The Kier molecular flexibility index (Phi) is 5.67. The molecule has 0 saturated carbocycles. The largest absolute Gasteiger partial charge is 0.492 e. The lowest BCUT2D eigenvalue weighted by Crippen LogP contribution is -2.30. The number of nitrogens with zero attached hydrogens (tertiary/aromatic N) is 1. The van der Waals surface area contributed by atoms with Gasteiger partial charge in [0.1, 0.15) is 5.75 Å². The number of carbonyl (C=O) groups excluding carboxylic acids is 1. The van der Waals surface area contributed by atoms with Gasteiger partial charge in [-0.25, -0.2) is 0 Å². The molecule has 2 rings (SSSR count). The molecule has 1 heterocycles. The topological polar surface area (TPSA) is 55.6 Å². The minimum atomic E-state index is 0.0874. The van der Waals surface area contributed by atoms with Gasteiger partial charge in [0, 0.05) is 19.2 Å². The second-order valence-corrected chi connectivity index (χ2v) is 5.30. The van der Waals surface area contributed by atoms with Crippen molar-refractivity contribution in [1.29, 1.82) is 0 Å². The molecule has 4 heteroatoms. The van der Waals surface area contributed by atoms with E-state index < -0.39 is 0 Å². The number of rotatable bonds is 4. The number of ether oxygens (including phenoxy) is 1. The molecular weight excluding hydrogens is 264 g/mol. The van der Waals surface area contributed by atoms with E-state index in [0.717, 1.165) is 31.5 Å². The van der Waals surface area contributed by atoms with Crippen LogP contribution in [0.25, 0.3) is 6.08 Å². The van der Waals surface area contributed by atoms with E-state index in [2.05, 4.69) is 0 Å². The molecule has 0 atom stereocenters. The van der Waals surface area contributed by atoms with Gasteiger partial charge in [0.05, 0.1) is 12.3 Å². The molecule has 1 fully saturated rings. The van der Waals surface area contributed by atoms with Gasteiger partial charge in [-0.15, -0.1) is 0 Å². The van der Waals surface area contributed by atoms with Crippen LogP contribution in [0.1, 0.15) is 38.2 Å². The van der Waals surface area contributed by atoms with Gasteiger partial charge in [-0.1, -0.05) is 18.9 Å². The number of nitrogens with two attached hydrogens (primary N) is 1. The lowest BCUT2D eigenvalue weighted by molar-refractivity contribution is -0.125. The van der Waals surface area contributed by atoms with Crippen LogP contribution in [-0.2, 0) is 4.79 Å². The molecule has 1 saturated heterocycles. The summed E-state index contributed by atoms with van der Waals surface area (Å²) in [4.78, 5) is 14.1. The normalized spacial score (nSPS) is 16.0. The summed E-state index contributed by atoms with van der Waals surface area (Å²) >= 11 is 0. The van der Waals surface area contributed by atoms with E-state index in [1.165, 1.54) is 12.8 Å². The Morgan fingerprint density at radius 2 is 2.00 bits per heavy atom. The smallest absolute Gasteiger partial charge is 0.246 e. The van der Waals surface area contributed by atoms with Crippen molar-refractivity contribution in [2.24, 2.45) is 0 Å². The second-order valence-electron chi connectivity index (χ2n) is 5.30. The van der Waals surface area contributed by atoms with Gasteiger partial charge >= 0.3 is 0 Å². The van der Waals surface area contributed by atoms with Crippen molar-refractivity contribution >= 4 is 17.7 Å². The van der Waals surface area contributed by atoms with Crippen molar-refractivity contribution < 1.29 is 9.53 Å². The number of hydrogen-bond acceptors (Lipinski definition) is 3. The first-order valence-electron chi connectivity index (χ1n) is 7.70. The minimum Gasteiger partial charge on any atom is -0.492 e. The highest BCUT2D eigenvalue weighted by molar-refractivity contribution is 5.92. The quantitative estimate of drug-likeness (QED) is 0.684. The molecule has 2 N–H and O–H groups in total. The Morgan fingerprint density at radius 1 is 1.29 bits per heavy atom. The summed E-state index contributed by atoms with van der Waals surface area (Å²) in [5.74, 6) is 0.776. The average Bonchev–Trinajstić information content (AvgIpc) is 2.76. The number of carbonyl (C=O) groups is 1. The monoisotopic (exact) mass is 288 g/mol. The van der Waals surface area contributed by atoms with Gasteiger partial charge in [-0.3, -0.25) is 4.79 Å². The van der Waals surface area contributed by atoms with E-state index in [9.17, 15) is 4.79 Å². The maximum atomic E-state index is 12.2. The molecule has 1 aliphatic rings. The van der Waals surface area contributed by atoms with Gasteiger partial charge in [0.15, 0.2) is 0 Å². The number of nitrogen functional groups attached to an aromatic ring is 1. The summed E-state index contributed by atoms with van der Waals surface area (Å²) < 4.78 is 5.40. The summed E-state index contributed by atoms with van der Waals surface area (Å²) in [7, 11) is 0. The molecule has 0 aliphatic carbocycles. The Bertz CT molecular complexity index is 504. The fraction of sp³-hybridized carbons (Fsp3) is 0.471. The highest BCUT2D eigenvalue weighted by Crippen LogP contribution is 2.23. The van der Waals surface area contributed by atoms with Crippen LogP contribution < -0.4 is 10.5 Å². The zero-order chi connectivity index (χ0) is 15.1. The molecule has 4 nitrogen and oxygen atoms in total. The average molecular weight is 288 g/mol.